The van der Waals surface area contributed by atoms with E-state index in [1.165, 1.54) is 148 Å². The highest BCUT2D eigenvalue weighted by molar-refractivity contribution is 5.90. The molecule has 2 aliphatic rings. The van der Waals surface area contributed by atoms with E-state index in [0.29, 0.717) is 12.2 Å². The Hall–Kier alpha value is -1.09. The summed E-state index contributed by atoms with van der Waals surface area (Å²) in [7, 11) is 0. The zero-order valence-corrected chi connectivity index (χ0v) is 26.1. The number of carbonyl (C=O) groups excluding carboxylic acids is 1. The molecule has 3 atom stereocenters. The molecule has 2 heterocycles. The molecule has 0 N–H and O–H groups in total. The van der Waals surface area contributed by atoms with E-state index in [2.05, 4.69) is 19.1 Å². The number of hydrogen-bond donors (Lipinski definition) is 0. The largest absolute Gasteiger partial charge is 0.455 e. The Labute approximate surface area is 243 Å². The van der Waals surface area contributed by atoms with Gasteiger partial charge in [-0.1, -0.05) is 141 Å². The predicted molar refractivity (Wildman–Crippen MR) is 167 cm³/mol. The summed E-state index contributed by atoms with van der Waals surface area (Å²) in [5.41, 5.74) is 0.867. The normalized spacial score (nSPS) is 20.6. The van der Waals surface area contributed by atoms with Gasteiger partial charge in [0, 0.05) is 5.57 Å². The Morgan fingerprint density at radius 2 is 1.05 bits per heavy atom. The van der Waals surface area contributed by atoms with E-state index in [0.717, 1.165) is 24.8 Å². The van der Waals surface area contributed by atoms with Crippen molar-refractivity contribution in [2.75, 3.05) is 0 Å². The number of unbranched alkanes of at least 4 members (excludes halogenated alkanes) is 20. The van der Waals surface area contributed by atoms with E-state index in [1.54, 1.807) is 0 Å². The third-order valence-corrected chi connectivity index (χ3v) is 8.61. The van der Waals surface area contributed by atoms with Crippen LogP contribution in [0.15, 0.2) is 23.8 Å². The molecule has 0 radical (unpaired) electrons. The second kappa shape index (κ2) is 23.6. The summed E-state index contributed by atoms with van der Waals surface area (Å²) in [6.07, 6.45) is 42.7. The lowest BCUT2D eigenvalue weighted by Gasteiger charge is -2.02. The topological polar surface area (TPSA) is 38.8 Å². The van der Waals surface area contributed by atoms with Crippen LogP contribution in [0.25, 0.3) is 0 Å². The lowest BCUT2D eigenvalue weighted by atomic mass is 10.0. The van der Waals surface area contributed by atoms with E-state index < -0.39 is 0 Å². The summed E-state index contributed by atoms with van der Waals surface area (Å²) in [4.78, 5) is 11.6. The van der Waals surface area contributed by atoms with Crippen molar-refractivity contribution in [2.24, 2.45) is 0 Å². The molecule has 226 valence electrons. The first kappa shape index (κ1) is 34.1. The van der Waals surface area contributed by atoms with Crippen molar-refractivity contribution in [2.45, 2.75) is 199 Å². The van der Waals surface area contributed by atoms with Crippen molar-refractivity contribution in [1.82, 2.24) is 0 Å². The van der Waals surface area contributed by atoms with Crippen LogP contribution in [0.5, 0.6) is 0 Å². The van der Waals surface area contributed by atoms with Gasteiger partial charge in [-0.2, -0.15) is 0 Å². The molecule has 3 unspecified atom stereocenters. The van der Waals surface area contributed by atoms with Crippen molar-refractivity contribution in [3.63, 3.8) is 0 Å². The van der Waals surface area contributed by atoms with Crippen molar-refractivity contribution in [1.29, 1.82) is 0 Å². The smallest absolute Gasteiger partial charge is 0.334 e. The molecule has 1 fully saturated rings. The standard InChI is InChI=1S/C36H64O3/c1-3-4-5-6-7-8-9-14-17-20-23-26-29-34-35(39-34)30-27-24-21-18-15-12-10-11-13-16-19-22-25-28-33-31-32(2)38-36(33)37/h16,19,31-32,34-35H,3-15,17-18,20-30H2,1-2H3. The number of epoxide rings is 1. The molecule has 3 heteroatoms. The summed E-state index contributed by atoms with van der Waals surface area (Å²) >= 11 is 0. The van der Waals surface area contributed by atoms with Crippen LogP contribution in [0.1, 0.15) is 181 Å². The fourth-order valence-electron chi connectivity index (χ4n) is 6.00. The number of cyclic esters (lactones) is 1. The SMILES string of the molecule is CCCCCCCCCCCCCCC1OC1CCCCCCCCCCC=CCCCC1=CC(C)OC1=O. The van der Waals surface area contributed by atoms with Crippen molar-refractivity contribution in [3.8, 4) is 0 Å². The quantitative estimate of drug-likeness (QED) is 0.0425. The van der Waals surface area contributed by atoms with Crippen LogP contribution in [-0.4, -0.2) is 24.3 Å². The molecule has 0 aliphatic carbocycles. The summed E-state index contributed by atoms with van der Waals surface area (Å²) in [6.45, 7) is 4.22. The van der Waals surface area contributed by atoms with E-state index in [1.807, 2.05) is 13.0 Å². The lowest BCUT2D eigenvalue weighted by molar-refractivity contribution is -0.139. The Morgan fingerprint density at radius 1 is 0.615 bits per heavy atom. The van der Waals surface area contributed by atoms with E-state index >= 15 is 0 Å². The van der Waals surface area contributed by atoms with Crippen molar-refractivity contribution in [3.05, 3.63) is 23.8 Å². The Morgan fingerprint density at radius 3 is 1.51 bits per heavy atom. The van der Waals surface area contributed by atoms with Crippen LogP contribution in [0.2, 0.25) is 0 Å². The molecular weight excluding hydrogens is 480 g/mol. The van der Waals surface area contributed by atoms with Gasteiger partial charge in [0.2, 0.25) is 0 Å². The number of hydrogen-bond acceptors (Lipinski definition) is 3. The molecule has 0 bridgehead atoms. The molecule has 0 amide bonds. The van der Waals surface area contributed by atoms with E-state index in [9.17, 15) is 4.79 Å². The van der Waals surface area contributed by atoms with Crippen LogP contribution >= 0.6 is 0 Å². The summed E-state index contributed by atoms with van der Waals surface area (Å²) in [5.74, 6) is -0.114. The molecule has 2 aliphatic heterocycles. The van der Waals surface area contributed by atoms with Crippen LogP contribution in [0.3, 0.4) is 0 Å². The highest BCUT2D eigenvalue weighted by Gasteiger charge is 2.36. The van der Waals surface area contributed by atoms with Crippen molar-refractivity contribution >= 4 is 5.97 Å². The molecule has 0 spiro atoms. The fraction of sp³-hybridized carbons (Fsp3) is 0.861. The Balaban J connectivity index is 1.22. The molecule has 0 aromatic heterocycles. The number of allylic oxidation sites excluding steroid dienone is 2. The molecule has 0 saturated carbocycles. The average molecular weight is 545 g/mol. The highest BCUT2D eigenvalue weighted by Crippen LogP contribution is 2.32. The van der Waals surface area contributed by atoms with E-state index in [-0.39, 0.29) is 12.1 Å². The minimum absolute atomic E-state index is 0.0354. The second-order valence-electron chi connectivity index (χ2n) is 12.5. The van der Waals surface area contributed by atoms with Gasteiger partial charge in [0.25, 0.3) is 0 Å². The third-order valence-electron chi connectivity index (χ3n) is 8.61. The van der Waals surface area contributed by atoms with E-state index in [4.69, 9.17) is 9.47 Å². The molecule has 3 nitrogen and oxygen atoms in total. The Bertz CT molecular complexity index is 652. The summed E-state index contributed by atoms with van der Waals surface area (Å²) in [6, 6.07) is 0. The number of ether oxygens (including phenoxy) is 2. The second-order valence-corrected chi connectivity index (χ2v) is 12.5. The Kier molecular flexibility index (Phi) is 20.6. The van der Waals surface area contributed by atoms with Crippen LogP contribution in [-0.2, 0) is 14.3 Å². The predicted octanol–water partition coefficient (Wildman–Crippen LogP) is 11.3. The molecule has 0 aromatic rings. The van der Waals surface area contributed by atoms with Crippen LogP contribution in [0, 0.1) is 0 Å². The maximum atomic E-state index is 11.6. The van der Waals surface area contributed by atoms with Gasteiger partial charge in [-0.3, -0.25) is 0 Å². The highest BCUT2D eigenvalue weighted by atomic mass is 16.6. The lowest BCUT2D eigenvalue weighted by Crippen LogP contribution is -2.03. The molecular formula is C36H64O3. The number of rotatable bonds is 28. The van der Waals surface area contributed by atoms with Gasteiger partial charge in [-0.15, -0.1) is 0 Å². The van der Waals surface area contributed by atoms with Crippen molar-refractivity contribution < 1.29 is 14.3 Å². The summed E-state index contributed by atoms with van der Waals surface area (Å²) in [5, 5.41) is 0. The summed E-state index contributed by atoms with van der Waals surface area (Å²) < 4.78 is 11.1. The zero-order valence-electron chi connectivity index (χ0n) is 26.1. The van der Waals surface area contributed by atoms with Gasteiger partial charge in [0.15, 0.2) is 0 Å². The van der Waals surface area contributed by atoms with Gasteiger partial charge in [0.1, 0.15) is 6.10 Å². The van der Waals surface area contributed by atoms with Gasteiger partial charge in [-0.05, 0) is 57.9 Å². The van der Waals surface area contributed by atoms with Gasteiger partial charge in [0.05, 0.1) is 12.2 Å². The molecule has 39 heavy (non-hydrogen) atoms. The maximum Gasteiger partial charge on any atom is 0.334 e. The number of esters is 1. The van der Waals surface area contributed by atoms with Gasteiger partial charge >= 0.3 is 5.97 Å². The van der Waals surface area contributed by atoms with Crippen LogP contribution in [0.4, 0.5) is 0 Å². The fourth-order valence-corrected chi connectivity index (χ4v) is 6.00. The molecule has 1 saturated heterocycles. The number of carbonyl (C=O) groups is 1. The minimum atomic E-state index is -0.114. The monoisotopic (exact) mass is 544 g/mol. The first-order valence-electron chi connectivity index (χ1n) is 17.4. The van der Waals surface area contributed by atoms with Crippen LogP contribution < -0.4 is 0 Å². The first-order chi connectivity index (χ1) is 19.2. The first-order valence-corrected chi connectivity index (χ1v) is 17.4. The maximum absolute atomic E-state index is 11.6. The van der Waals surface area contributed by atoms with Gasteiger partial charge in [-0.25, -0.2) is 4.79 Å². The molecule has 2 rings (SSSR count). The zero-order chi connectivity index (χ0) is 27.8. The average Bonchev–Trinajstić information content (AvgIpc) is 3.59. The third kappa shape index (κ3) is 18.8. The molecule has 0 aromatic carbocycles. The minimum Gasteiger partial charge on any atom is -0.455 e. The van der Waals surface area contributed by atoms with Gasteiger partial charge < -0.3 is 9.47 Å².